The van der Waals surface area contributed by atoms with Crippen molar-refractivity contribution in [2.24, 2.45) is 0 Å². The van der Waals surface area contributed by atoms with Crippen LogP contribution in [0.5, 0.6) is 0 Å². The van der Waals surface area contributed by atoms with Crippen molar-refractivity contribution in [2.45, 2.75) is 45.5 Å². The highest BCUT2D eigenvalue weighted by Crippen LogP contribution is 2.19. The molecule has 0 bridgehead atoms. The van der Waals surface area contributed by atoms with Gasteiger partial charge in [-0.15, -0.1) is 11.8 Å². The predicted octanol–water partition coefficient (Wildman–Crippen LogP) is 4.93. The van der Waals surface area contributed by atoms with Crippen molar-refractivity contribution in [3.8, 4) is 0 Å². The molecule has 0 saturated heterocycles. The van der Waals surface area contributed by atoms with Gasteiger partial charge >= 0.3 is 0 Å². The first kappa shape index (κ1) is 23.5. The Morgan fingerprint density at radius 1 is 1.14 bits per heavy atom. The Morgan fingerprint density at radius 3 is 2.48 bits per heavy atom. The van der Waals surface area contributed by atoms with Gasteiger partial charge in [0, 0.05) is 23.3 Å². The molecule has 1 atom stereocenters. The Hall–Kier alpha value is -1.79. The van der Waals surface area contributed by atoms with Crippen LogP contribution in [0.3, 0.4) is 0 Å². The molecule has 2 aromatic rings. The van der Waals surface area contributed by atoms with E-state index in [1.54, 1.807) is 23.6 Å². The van der Waals surface area contributed by atoms with Gasteiger partial charge in [0.05, 0.1) is 5.75 Å². The van der Waals surface area contributed by atoms with Gasteiger partial charge in [-0.25, -0.2) is 0 Å². The van der Waals surface area contributed by atoms with Crippen LogP contribution >= 0.6 is 27.7 Å². The van der Waals surface area contributed by atoms with E-state index in [4.69, 9.17) is 0 Å². The van der Waals surface area contributed by atoms with Gasteiger partial charge in [-0.3, -0.25) is 9.59 Å². The molecule has 29 heavy (non-hydrogen) atoms. The van der Waals surface area contributed by atoms with Gasteiger partial charge in [0.25, 0.3) is 0 Å². The summed E-state index contributed by atoms with van der Waals surface area (Å²) in [6.07, 6.45) is 0.866. The lowest BCUT2D eigenvalue weighted by Crippen LogP contribution is -2.48. The number of thioether (sulfide) groups is 1. The smallest absolute Gasteiger partial charge is 0.242 e. The number of rotatable bonds is 10. The average Bonchev–Trinajstić information content (AvgIpc) is 2.72. The van der Waals surface area contributed by atoms with Gasteiger partial charge < -0.3 is 10.2 Å². The second-order valence-electron chi connectivity index (χ2n) is 7.03. The molecule has 0 aliphatic carbocycles. The fraction of sp³-hybridized carbons (Fsp3) is 0.391. The van der Waals surface area contributed by atoms with Crippen LogP contribution in [-0.4, -0.2) is 35.1 Å². The Labute approximate surface area is 186 Å². The van der Waals surface area contributed by atoms with E-state index in [2.05, 4.69) is 40.3 Å². The highest BCUT2D eigenvalue weighted by Gasteiger charge is 2.25. The molecule has 1 N–H and O–H groups in total. The number of hydrogen-bond donors (Lipinski definition) is 1. The maximum atomic E-state index is 13.0. The molecule has 0 spiro atoms. The molecule has 2 aromatic carbocycles. The zero-order chi connectivity index (χ0) is 21.2. The van der Waals surface area contributed by atoms with Crippen molar-refractivity contribution in [3.05, 3.63) is 69.7 Å². The standard InChI is InChI=1S/C23H29BrN2O2S/c1-4-13-25-23(28)18(3)26(14-19-9-11-21(24)12-10-19)22(27)16-29-15-20-8-6-5-7-17(20)2/h5-12,18H,4,13-16H2,1-3H3,(H,25,28)/t18-/m0/s1. The maximum absolute atomic E-state index is 13.0. The summed E-state index contributed by atoms with van der Waals surface area (Å²) in [4.78, 5) is 27.2. The first-order valence-electron chi connectivity index (χ1n) is 9.86. The molecule has 0 radical (unpaired) electrons. The molecule has 0 unspecified atom stereocenters. The first-order valence-corrected chi connectivity index (χ1v) is 11.8. The number of aryl methyl sites for hydroxylation is 1. The second kappa shape index (κ2) is 12.0. The van der Waals surface area contributed by atoms with E-state index in [0.717, 1.165) is 22.2 Å². The molecular formula is C23H29BrN2O2S. The van der Waals surface area contributed by atoms with Crippen LogP contribution in [0.2, 0.25) is 0 Å². The number of nitrogens with zero attached hydrogens (tertiary/aromatic N) is 1. The van der Waals surface area contributed by atoms with Crippen LogP contribution in [0.25, 0.3) is 0 Å². The highest BCUT2D eigenvalue weighted by molar-refractivity contribution is 9.10. The van der Waals surface area contributed by atoms with Crippen molar-refractivity contribution in [3.63, 3.8) is 0 Å². The van der Waals surface area contributed by atoms with Crippen molar-refractivity contribution in [2.75, 3.05) is 12.3 Å². The number of hydrogen-bond acceptors (Lipinski definition) is 3. The minimum absolute atomic E-state index is 0.0225. The molecule has 4 nitrogen and oxygen atoms in total. The lowest BCUT2D eigenvalue weighted by atomic mass is 10.1. The fourth-order valence-corrected chi connectivity index (χ4v) is 4.12. The number of carbonyl (C=O) groups is 2. The maximum Gasteiger partial charge on any atom is 0.242 e. The summed E-state index contributed by atoms with van der Waals surface area (Å²) in [5.74, 6) is 0.990. The van der Waals surface area contributed by atoms with Gasteiger partial charge in [0.15, 0.2) is 0 Å². The van der Waals surface area contributed by atoms with E-state index in [9.17, 15) is 9.59 Å². The molecule has 0 saturated carbocycles. The molecule has 0 heterocycles. The van der Waals surface area contributed by atoms with Gasteiger partial charge in [-0.1, -0.05) is 59.3 Å². The lowest BCUT2D eigenvalue weighted by molar-refractivity contribution is -0.138. The SMILES string of the molecule is CCCNC(=O)[C@H](C)N(Cc1ccc(Br)cc1)C(=O)CSCc1ccccc1C. The van der Waals surface area contributed by atoms with Crippen LogP contribution in [0.15, 0.2) is 53.0 Å². The molecule has 0 aliphatic rings. The number of carbonyl (C=O) groups excluding carboxylic acids is 2. The summed E-state index contributed by atoms with van der Waals surface area (Å²) < 4.78 is 0.988. The Bertz CT molecular complexity index is 811. The Kier molecular flexibility index (Phi) is 9.74. The van der Waals surface area contributed by atoms with Gasteiger partial charge in [0.1, 0.15) is 6.04 Å². The molecule has 0 fully saturated rings. The molecule has 6 heteroatoms. The third kappa shape index (κ3) is 7.52. The summed E-state index contributed by atoms with van der Waals surface area (Å²) in [6.45, 7) is 6.92. The summed E-state index contributed by atoms with van der Waals surface area (Å²) in [6, 6.07) is 15.5. The quantitative estimate of drug-likeness (QED) is 0.528. The molecular weight excluding hydrogens is 448 g/mol. The Morgan fingerprint density at radius 2 is 1.83 bits per heavy atom. The van der Waals surface area contributed by atoms with Crippen LogP contribution in [0, 0.1) is 6.92 Å². The molecule has 2 amide bonds. The fourth-order valence-electron chi connectivity index (χ4n) is 2.87. The normalized spacial score (nSPS) is 11.7. The second-order valence-corrected chi connectivity index (χ2v) is 8.94. The van der Waals surface area contributed by atoms with Crippen molar-refractivity contribution in [1.29, 1.82) is 0 Å². The third-order valence-corrected chi connectivity index (χ3v) is 6.22. The minimum Gasteiger partial charge on any atom is -0.354 e. The molecule has 0 aliphatic heterocycles. The van der Waals surface area contributed by atoms with E-state index in [-0.39, 0.29) is 11.8 Å². The van der Waals surface area contributed by atoms with Gasteiger partial charge in [0.2, 0.25) is 11.8 Å². The van der Waals surface area contributed by atoms with E-state index < -0.39 is 6.04 Å². The number of benzene rings is 2. The van der Waals surface area contributed by atoms with Crippen LogP contribution < -0.4 is 5.32 Å². The van der Waals surface area contributed by atoms with E-state index >= 15 is 0 Å². The summed E-state index contributed by atoms with van der Waals surface area (Å²) in [5.41, 5.74) is 3.46. The Balaban J connectivity index is 2.05. The topological polar surface area (TPSA) is 49.4 Å². The highest BCUT2D eigenvalue weighted by atomic mass is 79.9. The van der Waals surface area contributed by atoms with E-state index in [1.165, 1.54) is 11.1 Å². The summed E-state index contributed by atoms with van der Waals surface area (Å²) >= 11 is 5.02. The zero-order valence-corrected chi connectivity index (χ0v) is 19.7. The molecule has 2 rings (SSSR count). The summed E-state index contributed by atoms with van der Waals surface area (Å²) in [7, 11) is 0. The molecule has 0 aromatic heterocycles. The minimum atomic E-state index is -0.517. The van der Waals surface area contributed by atoms with Crippen molar-refractivity contribution < 1.29 is 9.59 Å². The number of amides is 2. The lowest BCUT2D eigenvalue weighted by Gasteiger charge is -2.28. The first-order chi connectivity index (χ1) is 13.9. The van der Waals surface area contributed by atoms with Crippen LogP contribution in [0.4, 0.5) is 0 Å². The van der Waals surface area contributed by atoms with E-state index in [0.29, 0.717) is 18.8 Å². The number of nitrogens with one attached hydrogen (secondary N) is 1. The van der Waals surface area contributed by atoms with Crippen molar-refractivity contribution in [1.82, 2.24) is 10.2 Å². The third-order valence-electron chi connectivity index (χ3n) is 4.73. The largest absolute Gasteiger partial charge is 0.354 e. The molecule has 156 valence electrons. The van der Waals surface area contributed by atoms with Crippen LogP contribution in [0.1, 0.15) is 37.0 Å². The van der Waals surface area contributed by atoms with E-state index in [1.807, 2.05) is 43.3 Å². The van der Waals surface area contributed by atoms with Gasteiger partial charge in [-0.2, -0.15) is 0 Å². The predicted molar refractivity (Wildman–Crippen MR) is 125 cm³/mol. The zero-order valence-electron chi connectivity index (χ0n) is 17.3. The van der Waals surface area contributed by atoms with Crippen LogP contribution in [-0.2, 0) is 21.9 Å². The monoisotopic (exact) mass is 476 g/mol. The average molecular weight is 477 g/mol. The number of halogens is 1. The summed E-state index contributed by atoms with van der Waals surface area (Å²) in [5, 5.41) is 2.90. The van der Waals surface area contributed by atoms with Crippen molar-refractivity contribution >= 4 is 39.5 Å². The van der Waals surface area contributed by atoms with Gasteiger partial charge in [-0.05, 0) is 49.1 Å².